The van der Waals surface area contributed by atoms with Crippen molar-refractivity contribution in [2.45, 2.75) is 19.8 Å². The Bertz CT molecular complexity index is 520. The highest BCUT2D eigenvalue weighted by Gasteiger charge is 2.04. The third kappa shape index (κ3) is 4.38. The summed E-state index contributed by atoms with van der Waals surface area (Å²) in [4.78, 5) is 12.4. The first kappa shape index (κ1) is 14.6. The van der Waals surface area contributed by atoms with E-state index in [4.69, 9.17) is 4.74 Å². The minimum Gasteiger partial charge on any atom is -0.494 e. The number of thiophene rings is 1. The van der Waals surface area contributed by atoms with E-state index in [1.165, 1.54) is 16.9 Å². The fourth-order valence-corrected chi connectivity index (χ4v) is 2.42. The van der Waals surface area contributed by atoms with Crippen LogP contribution in [-0.4, -0.2) is 19.1 Å². The molecule has 0 saturated heterocycles. The quantitative estimate of drug-likeness (QED) is 0.792. The van der Waals surface area contributed by atoms with E-state index in [0.29, 0.717) is 13.2 Å². The van der Waals surface area contributed by atoms with E-state index in [1.807, 2.05) is 29.6 Å². The first-order chi connectivity index (χ1) is 9.79. The van der Waals surface area contributed by atoms with E-state index in [2.05, 4.69) is 24.4 Å². The number of carbonyl (C=O) groups excluding carboxylic acids is 1. The second kappa shape index (κ2) is 7.70. The number of hydrogen-bond donors (Lipinski definition) is 1. The third-order valence-electron chi connectivity index (χ3n) is 2.95. The number of carbonyl (C=O) groups is 1. The summed E-state index contributed by atoms with van der Waals surface area (Å²) < 4.78 is 5.63. The number of amides is 1. The molecule has 2 aromatic rings. The average molecular weight is 289 g/mol. The van der Waals surface area contributed by atoms with E-state index in [-0.39, 0.29) is 5.91 Å². The molecule has 1 aromatic heterocycles. The average Bonchev–Trinajstić information content (AvgIpc) is 3.01. The first-order valence-corrected chi connectivity index (χ1v) is 7.71. The number of nitrogens with one attached hydrogen (secondary N) is 1. The van der Waals surface area contributed by atoms with Crippen LogP contribution >= 0.6 is 11.3 Å². The number of ether oxygens (including phenoxy) is 1. The highest BCUT2D eigenvalue weighted by molar-refractivity contribution is 7.12. The Balaban J connectivity index is 1.62. The van der Waals surface area contributed by atoms with Crippen LogP contribution in [-0.2, 0) is 6.42 Å². The Hall–Kier alpha value is -1.81. The smallest absolute Gasteiger partial charge is 0.261 e. The molecule has 1 amide bonds. The summed E-state index contributed by atoms with van der Waals surface area (Å²) >= 11 is 1.45. The molecule has 0 unspecified atom stereocenters. The van der Waals surface area contributed by atoms with E-state index in [9.17, 15) is 4.79 Å². The summed E-state index contributed by atoms with van der Waals surface area (Å²) in [6.07, 6.45) is 1.83. The van der Waals surface area contributed by atoms with Crippen molar-refractivity contribution in [3.63, 3.8) is 0 Å². The van der Waals surface area contributed by atoms with Gasteiger partial charge in [-0.1, -0.05) is 25.1 Å². The van der Waals surface area contributed by atoms with Crippen molar-refractivity contribution >= 4 is 17.2 Å². The SMILES string of the molecule is CCc1ccc(OCCCNC(=O)c2cccs2)cc1. The maximum Gasteiger partial charge on any atom is 0.261 e. The van der Waals surface area contributed by atoms with Gasteiger partial charge in [-0.2, -0.15) is 0 Å². The molecule has 20 heavy (non-hydrogen) atoms. The Labute approximate surface area is 123 Å². The molecule has 0 fully saturated rings. The lowest BCUT2D eigenvalue weighted by Gasteiger charge is -2.07. The lowest BCUT2D eigenvalue weighted by atomic mass is 10.2. The van der Waals surface area contributed by atoms with Crippen LogP contribution in [0.5, 0.6) is 5.75 Å². The number of benzene rings is 1. The predicted molar refractivity (Wildman–Crippen MR) is 82.6 cm³/mol. The molecule has 1 aromatic carbocycles. The van der Waals surface area contributed by atoms with E-state index < -0.39 is 0 Å². The van der Waals surface area contributed by atoms with Crippen LogP contribution in [0.3, 0.4) is 0 Å². The van der Waals surface area contributed by atoms with Crippen molar-refractivity contribution in [1.29, 1.82) is 0 Å². The molecular weight excluding hydrogens is 270 g/mol. The second-order valence-corrected chi connectivity index (χ2v) is 5.38. The van der Waals surface area contributed by atoms with Gasteiger partial charge in [0.25, 0.3) is 5.91 Å². The summed E-state index contributed by atoms with van der Waals surface area (Å²) in [6, 6.07) is 11.8. The molecule has 1 N–H and O–H groups in total. The lowest BCUT2D eigenvalue weighted by molar-refractivity contribution is 0.0955. The minimum atomic E-state index is -0.00713. The van der Waals surface area contributed by atoms with Gasteiger partial charge in [0.15, 0.2) is 0 Å². The summed E-state index contributed by atoms with van der Waals surface area (Å²) in [6.45, 7) is 3.37. The highest BCUT2D eigenvalue weighted by atomic mass is 32.1. The number of rotatable bonds is 7. The lowest BCUT2D eigenvalue weighted by Crippen LogP contribution is -2.24. The van der Waals surface area contributed by atoms with Crippen molar-refractivity contribution in [2.75, 3.05) is 13.2 Å². The van der Waals surface area contributed by atoms with Crippen LogP contribution in [0, 0.1) is 0 Å². The molecule has 106 valence electrons. The zero-order valence-electron chi connectivity index (χ0n) is 11.6. The molecule has 0 aliphatic carbocycles. The van der Waals surface area contributed by atoms with Gasteiger partial charge in [0.05, 0.1) is 11.5 Å². The Morgan fingerprint density at radius 3 is 2.70 bits per heavy atom. The molecule has 0 aliphatic rings. The second-order valence-electron chi connectivity index (χ2n) is 4.43. The molecule has 0 spiro atoms. The number of aryl methyl sites for hydroxylation is 1. The van der Waals surface area contributed by atoms with Crippen LogP contribution in [0.1, 0.15) is 28.6 Å². The van der Waals surface area contributed by atoms with Crippen molar-refractivity contribution in [3.8, 4) is 5.75 Å². The molecule has 0 saturated carbocycles. The van der Waals surface area contributed by atoms with Gasteiger partial charge in [-0.3, -0.25) is 4.79 Å². The summed E-state index contributed by atoms with van der Waals surface area (Å²) in [5, 5.41) is 4.78. The standard InChI is InChI=1S/C16H19NO2S/c1-2-13-6-8-14(9-7-13)19-11-4-10-17-16(18)15-5-3-12-20-15/h3,5-9,12H,2,4,10-11H2,1H3,(H,17,18). The van der Waals surface area contributed by atoms with Crippen molar-refractivity contribution in [3.05, 3.63) is 52.2 Å². The zero-order valence-corrected chi connectivity index (χ0v) is 12.4. The van der Waals surface area contributed by atoms with Gasteiger partial charge in [0, 0.05) is 6.54 Å². The van der Waals surface area contributed by atoms with Gasteiger partial charge in [-0.15, -0.1) is 11.3 Å². The van der Waals surface area contributed by atoms with Crippen LogP contribution in [0.2, 0.25) is 0 Å². The van der Waals surface area contributed by atoms with Crippen molar-refractivity contribution in [1.82, 2.24) is 5.32 Å². The molecule has 0 atom stereocenters. The fraction of sp³-hybridized carbons (Fsp3) is 0.312. The minimum absolute atomic E-state index is 0.00713. The fourth-order valence-electron chi connectivity index (χ4n) is 1.78. The van der Waals surface area contributed by atoms with E-state index in [0.717, 1.165) is 23.5 Å². The molecule has 1 heterocycles. The maximum absolute atomic E-state index is 11.7. The Kier molecular flexibility index (Phi) is 5.62. The first-order valence-electron chi connectivity index (χ1n) is 6.83. The molecule has 2 rings (SSSR count). The van der Waals surface area contributed by atoms with E-state index in [1.54, 1.807) is 0 Å². The normalized spacial score (nSPS) is 10.2. The van der Waals surface area contributed by atoms with Gasteiger partial charge < -0.3 is 10.1 Å². The summed E-state index contributed by atoms with van der Waals surface area (Å²) in [5.41, 5.74) is 1.31. The van der Waals surface area contributed by atoms with Crippen molar-refractivity contribution in [2.24, 2.45) is 0 Å². The van der Waals surface area contributed by atoms with Crippen LogP contribution in [0.4, 0.5) is 0 Å². The highest BCUT2D eigenvalue weighted by Crippen LogP contribution is 2.12. The predicted octanol–water partition coefficient (Wildman–Crippen LogP) is 3.51. The molecule has 0 aliphatic heterocycles. The van der Waals surface area contributed by atoms with Crippen LogP contribution in [0.15, 0.2) is 41.8 Å². The van der Waals surface area contributed by atoms with Crippen LogP contribution < -0.4 is 10.1 Å². The Morgan fingerprint density at radius 2 is 2.05 bits per heavy atom. The maximum atomic E-state index is 11.7. The summed E-state index contributed by atoms with van der Waals surface area (Å²) in [5.74, 6) is 0.874. The van der Waals surface area contributed by atoms with Gasteiger partial charge >= 0.3 is 0 Å². The monoisotopic (exact) mass is 289 g/mol. The van der Waals surface area contributed by atoms with Crippen molar-refractivity contribution < 1.29 is 9.53 Å². The Morgan fingerprint density at radius 1 is 1.25 bits per heavy atom. The molecule has 3 nitrogen and oxygen atoms in total. The van der Waals surface area contributed by atoms with E-state index >= 15 is 0 Å². The summed E-state index contributed by atoms with van der Waals surface area (Å²) in [7, 11) is 0. The third-order valence-corrected chi connectivity index (χ3v) is 3.82. The molecule has 0 radical (unpaired) electrons. The largest absolute Gasteiger partial charge is 0.494 e. The van der Waals surface area contributed by atoms with Gasteiger partial charge in [0.1, 0.15) is 5.75 Å². The van der Waals surface area contributed by atoms with Gasteiger partial charge in [0.2, 0.25) is 0 Å². The molecule has 0 bridgehead atoms. The van der Waals surface area contributed by atoms with Gasteiger partial charge in [-0.25, -0.2) is 0 Å². The topological polar surface area (TPSA) is 38.3 Å². The number of hydrogen-bond acceptors (Lipinski definition) is 3. The zero-order chi connectivity index (χ0) is 14.2. The van der Waals surface area contributed by atoms with Crippen LogP contribution in [0.25, 0.3) is 0 Å². The molecular formula is C16H19NO2S. The van der Waals surface area contributed by atoms with Gasteiger partial charge in [-0.05, 0) is 42.0 Å². The molecule has 4 heteroatoms.